The Morgan fingerprint density at radius 3 is 2.97 bits per heavy atom. The van der Waals surface area contributed by atoms with Gasteiger partial charge >= 0.3 is 5.97 Å². The summed E-state index contributed by atoms with van der Waals surface area (Å²) in [6, 6.07) is 1.33. The highest BCUT2D eigenvalue weighted by atomic mass is 19.1. The number of hydrogen-bond acceptors (Lipinski definition) is 5. The number of allylic oxidation sites excluding steroid dienone is 5. The van der Waals surface area contributed by atoms with E-state index in [1.54, 1.807) is 25.2 Å². The number of aryl methyl sites for hydroxylation is 1. The number of halogens is 2. The molecule has 1 aromatic rings. The van der Waals surface area contributed by atoms with Crippen molar-refractivity contribution in [3.63, 3.8) is 0 Å². The van der Waals surface area contributed by atoms with E-state index in [1.807, 2.05) is 11.8 Å². The lowest BCUT2D eigenvalue weighted by Gasteiger charge is -2.32. The summed E-state index contributed by atoms with van der Waals surface area (Å²) in [5, 5.41) is 0. The van der Waals surface area contributed by atoms with Crippen LogP contribution in [0.2, 0.25) is 0 Å². The first-order valence-electron chi connectivity index (χ1n) is 11.2. The van der Waals surface area contributed by atoms with E-state index in [0.29, 0.717) is 24.2 Å². The van der Waals surface area contributed by atoms with Gasteiger partial charge in [0.25, 0.3) is 0 Å². The van der Waals surface area contributed by atoms with E-state index in [-0.39, 0.29) is 30.4 Å². The Labute approximate surface area is 187 Å². The Bertz CT molecular complexity index is 1030. The number of likely N-dealkylation sites (tertiary alicyclic amines) is 1. The van der Waals surface area contributed by atoms with Gasteiger partial charge in [0, 0.05) is 24.2 Å². The lowest BCUT2D eigenvalue weighted by molar-refractivity contribution is -0.138. The third-order valence-electron chi connectivity index (χ3n) is 6.23. The number of carbonyl (C=O) groups is 1. The Kier molecular flexibility index (Phi) is 6.55. The van der Waals surface area contributed by atoms with Gasteiger partial charge in [0.2, 0.25) is 0 Å². The average Bonchev–Trinajstić information content (AvgIpc) is 3.39. The van der Waals surface area contributed by atoms with Gasteiger partial charge in [-0.1, -0.05) is 12.2 Å². The van der Waals surface area contributed by atoms with Crippen LogP contribution in [0.1, 0.15) is 50.4 Å². The minimum absolute atomic E-state index is 0.0100. The Hall–Kier alpha value is -2.80. The Balaban J connectivity index is 1.69. The SMILES string of the molecule is CCOC(=O)C1=C2C=C(N3CCCC3c3cc(F)cnc3CC[C@@H](C)N)C(F)=CC2C=C1. The van der Waals surface area contributed by atoms with Gasteiger partial charge in [0.1, 0.15) is 11.6 Å². The zero-order chi connectivity index (χ0) is 22.8. The summed E-state index contributed by atoms with van der Waals surface area (Å²) in [5.74, 6) is -1.42. The number of esters is 1. The highest BCUT2D eigenvalue weighted by Gasteiger charge is 2.35. The Morgan fingerprint density at radius 2 is 2.22 bits per heavy atom. The molecule has 2 heterocycles. The minimum atomic E-state index is -0.405. The highest BCUT2D eigenvalue weighted by molar-refractivity contribution is 5.94. The summed E-state index contributed by atoms with van der Waals surface area (Å²) in [5.41, 5.74) is 9.11. The van der Waals surface area contributed by atoms with Gasteiger partial charge in [-0.2, -0.15) is 0 Å². The van der Waals surface area contributed by atoms with Crippen molar-refractivity contribution in [1.82, 2.24) is 9.88 Å². The molecule has 32 heavy (non-hydrogen) atoms. The van der Waals surface area contributed by atoms with Crippen molar-refractivity contribution >= 4 is 5.97 Å². The molecule has 1 aliphatic heterocycles. The van der Waals surface area contributed by atoms with Crippen molar-refractivity contribution in [1.29, 1.82) is 0 Å². The predicted octanol–water partition coefficient (Wildman–Crippen LogP) is 4.43. The molecule has 7 heteroatoms. The van der Waals surface area contributed by atoms with Crippen molar-refractivity contribution in [2.75, 3.05) is 13.2 Å². The van der Waals surface area contributed by atoms with Crippen molar-refractivity contribution in [3.8, 4) is 0 Å². The molecule has 0 aromatic carbocycles. The summed E-state index contributed by atoms with van der Waals surface area (Å²) in [6.45, 7) is 4.60. The van der Waals surface area contributed by atoms with Crippen LogP contribution in [0.3, 0.4) is 0 Å². The monoisotopic (exact) mass is 441 g/mol. The van der Waals surface area contributed by atoms with E-state index in [1.165, 1.54) is 18.3 Å². The third-order valence-corrected chi connectivity index (χ3v) is 6.23. The van der Waals surface area contributed by atoms with Crippen LogP contribution in [0, 0.1) is 11.7 Å². The van der Waals surface area contributed by atoms with Crippen molar-refractivity contribution < 1.29 is 18.3 Å². The fourth-order valence-electron chi connectivity index (χ4n) is 4.70. The maximum atomic E-state index is 15.2. The van der Waals surface area contributed by atoms with E-state index < -0.39 is 11.8 Å². The number of aromatic nitrogens is 1. The van der Waals surface area contributed by atoms with Gasteiger partial charge < -0.3 is 15.4 Å². The van der Waals surface area contributed by atoms with Crippen LogP contribution < -0.4 is 5.73 Å². The van der Waals surface area contributed by atoms with Crippen LogP contribution in [0.4, 0.5) is 8.78 Å². The molecule has 0 radical (unpaired) electrons. The minimum Gasteiger partial charge on any atom is -0.462 e. The topological polar surface area (TPSA) is 68.5 Å². The number of ether oxygens (including phenoxy) is 1. The maximum Gasteiger partial charge on any atom is 0.338 e. The van der Waals surface area contributed by atoms with Crippen LogP contribution in [0.5, 0.6) is 0 Å². The largest absolute Gasteiger partial charge is 0.462 e. The first kappa shape index (κ1) is 22.4. The first-order chi connectivity index (χ1) is 15.4. The lowest BCUT2D eigenvalue weighted by atomic mass is 9.92. The number of nitrogens with zero attached hydrogens (tertiary/aromatic N) is 2. The summed E-state index contributed by atoms with van der Waals surface area (Å²) >= 11 is 0. The number of nitrogens with two attached hydrogens (primary N) is 1. The predicted molar refractivity (Wildman–Crippen MR) is 118 cm³/mol. The molecule has 2 unspecified atom stereocenters. The summed E-state index contributed by atoms with van der Waals surface area (Å²) in [4.78, 5) is 18.7. The molecule has 0 bridgehead atoms. The van der Waals surface area contributed by atoms with Crippen LogP contribution in [-0.2, 0) is 16.0 Å². The Morgan fingerprint density at radius 1 is 1.41 bits per heavy atom. The van der Waals surface area contributed by atoms with Crippen molar-refractivity contribution in [2.45, 2.75) is 51.6 Å². The summed E-state index contributed by atoms with van der Waals surface area (Å²) in [6.07, 6.45) is 11.0. The van der Waals surface area contributed by atoms with Crippen molar-refractivity contribution in [2.24, 2.45) is 11.7 Å². The molecule has 5 nitrogen and oxygen atoms in total. The fraction of sp³-hybridized carbons (Fsp3) is 0.440. The molecular formula is C25H29F2N3O2. The number of fused-ring (bicyclic) bond motifs is 1. The van der Waals surface area contributed by atoms with Gasteiger partial charge in [-0.3, -0.25) is 4.98 Å². The molecule has 0 spiro atoms. The molecule has 0 saturated carbocycles. The molecule has 3 aliphatic rings. The molecule has 1 fully saturated rings. The quantitative estimate of drug-likeness (QED) is 0.634. The van der Waals surface area contributed by atoms with Crippen LogP contribution >= 0.6 is 0 Å². The van der Waals surface area contributed by atoms with Crippen LogP contribution in [0.15, 0.2) is 59.2 Å². The molecule has 4 rings (SSSR count). The average molecular weight is 442 g/mol. The van der Waals surface area contributed by atoms with Gasteiger partial charge in [-0.25, -0.2) is 13.6 Å². The number of rotatable bonds is 7. The van der Waals surface area contributed by atoms with Crippen LogP contribution in [-0.4, -0.2) is 35.0 Å². The van der Waals surface area contributed by atoms with E-state index in [0.717, 1.165) is 36.1 Å². The summed E-state index contributed by atoms with van der Waals surface area (Å²) in [7, 11) is 0. The van der Waals surface area contributed by atoms with Crippen molar-refractivity contribution in [3.05, 3.63) is 76.3 Å². The van der Waals surface area contributed by atoms with E-state index in [2.05, 4.69) is 4.98 Å². The van der Waals surface area contributed by atoms with Gasteiger partial charge in [0.15, 0.2) is 0 Å². The molecular weight excluding hydrogens is 412 g/mol. The zero-order valence-electron chi connectivity index (χ0n) is 18.5. The van der Waals surface area contributed by atoms with E-state index in [9.17, 15) is 9.18 Å². The van der Waals surface area contributed by atoms with E-state index in [4.69, 9.17) is 10.5 Å². The second kappa shape index (κ2) is 9.36. The molecule has 2 aliphatic carbocycles. The smallest absolute Gasteiger partial charge is 0.338 e. The molecule has 3 atom stereocenters. The van der Waals surface area contributed by atoms with Gasteiger partial charge in [-0.05, 0) is 68.9 Å². The molecule has 1 saturated heterocycles. The van der Waals surface area contributed by atoms with Gasteiger partial charge in [-0.15, -0.1) is 0 Å². The maximum absolute atomic E-state index is 15.2. The number of pyridine rings is 1. The second-order valence-corrected chi connectivity index (χ2v) is 8.58. The first-order valence-corrected chi connectivity index (χ1v) is 11.2. The summed E-state index contributed by atoms with van der Waals surface area (Å²) < 4.78 is 34.5. The molecule has 2 N–H and O–H groups in total. The molecule has 1 aromatic heterocycles. The number of carbonyl (C=O) groups excluding carboxylic acids is 1. The highest BCUT2D eigenvalue weighted by Crippen LogP contribution is 2.43. The third kappa shape index (κ3) is 4.39. The van der Waals surface area contributed by atoms with Gasteiger partial charge in [0.05, 0.1) is 30.1 Å². The molecule has 170 valence electrons. The normalized spacial score (nSPS) is 23.2. The molecule has 0 amide bonds. The number of hydrogen-bond donors (Lipinski definition) is 1. The zero-order valence-corrected chi connectivity index (χ0v) is 18.5. The lowest BCUT2D eigenvalue weighted by Crippen LogP contribution is -2.26. The van der Waals surface area contributed by atoms with Crippen LogP contribution in [0.25, 0.3) is 0 Å². The standard InChI is InChI=1S/C25H29F2N3O2/c1-3-32-25(31)18-8-7-16-11-21(27)24(13-19(16)18)30-10-4-5-23(30)20-12-17(26)14-29-22(20)9-6-15(2)28/h7-8,11-16,23H,3-6,9-10,28H2,1-2H3/t15-,16?,23?/m1/s1. The fourth-order valence-corrected chi connectivity index (χ4v) is 4.70. The second-order valence-electron chi connectivity index (χ2n) is 8.58. The van der Waals surface area contributed by atoms with E-state index >= 15 is 4.39 Å².